The lowest BCUT2D eigenvalue weighted by Gasteiger charge is -2.19. The minimum absolute atomic E-state index is 0.00515. The van der Waals surface area contributed by atoms with E-state index in [-0.39, 0.29) is 25.7 Å². The van der Waals surface area contributed by atoms with Crippen molar-refractivity contribution in [1.82, 2.24) is 5.32 Å². The van der Waals surface area contributed by atoms with Gasteiger partial charge in [-0.25, -0.2) is 9.59 Å². The van der Waals surface area contributed by atoms with Gasteiger partial charge in [0.05, 0.1) is 12.6 Å². The summed E-state index contributed by atoms with van der Waals surface area (Å²) in [5.74, 6) is 0.378. The number of nitrogens with one attached hydrogen (secondary N) is 1. The maximum absolute atomic E-state index is 12.6. The summed E-state index contributed by atoms with van der Waals surface area (Å²) < 4.78 is 16.8. The summed E-state index contributed by atoms with van der Waals surface area (Å²) in [5, 5.41) is 13.3. The molecule has 1 aliphatic carbocycles. The molecule has 0 unspecified atom stereocenters. The first-order valence-electron chi connectivity index (χ1n) is 13.1. The molecule has 1 amide bonds. The summed E-state index contributed by atoms with van der Waals surface area (Å²) in [6.45, 7) is -0.174. The van der Waals surface area contributed by atoms with Crippen LogP contribution in [0.1, 0.15) is 17.0 Å². The zero-order valence-corrected chi connectivity index (χ0v) is 21.6. The monoisotopic (exact) mass is 533 g/mol. The van der Waals surface area contributed by atoms with Crippen molar-refractivity contribution in [2.75, 3.05) is 19.8 Å². The Morgan fingerprint density at radius 3 is 2.23 bits per heavy atom. The van der Waals surface area contributed by atoms with Crippen molar-refractivity contribution in [3.8, 4) is 28.0 Å². The number of carbonyl (C=O) groups excluding carboxylic acids is 1. The largest absolute Gasteiger partial charge is 0.491 e. The molecule has 7 nitrogen and oxygen atoms in total. The van der Waals surface area contributed by atoms with Crippen molar-refractivity contribution in [2.45, 2.75) is 12.0 Å². The smallest absolute Gasteiger partial charge is 0.407 e. The topological polar surface area (TPSA) is 98.0 Å². The van der Waals surface area contributed by atoms with Crippen LogP contribution in [0.3, 0.4) is 0 Å². The molecule has 0 aliphatic heterocycles. The van der Waals surface area contributed by atoms with Crippen molar-refractivity contribution in [3.63, 3.8) is 0 Å². The highest BCUT2D eigenvalue weighted by Gasteiger charge is 2.29. The Balaban J connectivity index is 1.10. The van der Waals surface area contributed by atoms with E-state index in [9.17, 15) is 14.7 Å². The Morgan fingerprint density at radius 1 is 0.850 bits per heavy atom. The average molecular weight is 534 g/mol. The second kappa shape index (κ2) is 11.1. The molecule has 5 aromatic rings. The van der Waals surface area contributed by atoms with Crippen molar-refractivity contribution >= 4 is 17.1 Å². The number of aliphatic hydroxyl groups excluding tert-OH is 1. The highest BCUT2D eigenvalue weighted by molar-refractivity contribution is 5.93. The highest BCUT2D eigenvalue weighted by atomic mass is 16.5. The summed E-state index contributed by atoms with van der Waals surface area (Å²) in [6, 6.07) is 31.8. The first kappa shape index (κ1) is 25.4. The van der Waals surface area contributed by atoms with Gasteiger partial charge >= 0.3 is 11.7 Å². The second-order valence-corrected chi connectivity index (χ2v) is 9.66. The van der Waals surface area contributed by atoms with Gasteiger partial charge in [-0.3, -0.25) is 0 Å². The van der Waals surface area contributed by atoms with Crippen LogP contribution in [0.15, 0.2) is 112 Å². The van der Waals surface area contributed by atoms with Crippen LogP contribution in [0.2, 0.25) is 0 Å². The Kier molecular flexibility index (Phi) is 7.04. The number of carbonyl (C=O) groups is 1. The fourth-order valence-electron chi connectivity index (χ4n) is 5.23. The zero-order chi connectivity index (χ0) is 27.5. The van der Waals surface area contributed by atoms with Gasteiger partial charge in [0, 0.05) is 23.4 Å². The summed E-state index contributed by atoms with van der Waals surface area (Å²) in [5.41, 5.74) is 6.13. The molecule has 1 atom stereocenters. The minimum atomic E-state index is -0.700. The third-order valence-electron chi connectivity index (χ3n) is 7.14. The Bertz CT molecular complexity index is 1680. The summed E-state index contributed by atoms with van der Waals surface area (Å²) in [7, 11) is 0. The van der Waals surface area contributed by atoms with Gasteiger partial charge in [0.1, 0.15) is 24.5 Å². The van der Waals surface area contributed by atoms with Crippen LogP contribution < -0.4 is 15.7 Å². The van der Waals surface area contributed by atoms with Crippen LogP contribution in [0, 0.1) is 0 Å². The second-order valence-electron chi connectivity index (χ2n) is 9.66. The van der Waals surface area contributed by atoms with Crippen LogP contribution in [0.25, 0.3) is 33.2 Å². The molecule has 1 heterocycles. The van der Waals surface area contributed by atoms with E-state index in [1.165, 1.54) is 6.07 Å². The Hall–Kier alpha value is -4.88. The molecule has 0 fully saturated rings. The van der Waals surface area contributed by atoms with Crippen molar-refractivity contribution in [1.29, 1.82) is 0 Å². The van der Waals surface area contributed by atoms with Crippen LogP contribution >= 0.6 is 0 Å². The molecule has 7 heteroatoms. The molecular weight excluding hydrogens is 506 g/mol. The number of aliphatic hydroxyl groups is 1. The van der Waals surface area contributed by atoms with E-state index >= 15 is 0 Å². The Morgan fingerprint density at radius 2 is 1.52 bits per heavy atom. The van der Waals surface area contributed by atoms with E-state index < -0.39 is 17.8 Å². The van der Waals surface area contributed by atoms with E-state index in [4.69, 9.17) is 13.9 Å². The highest BCUT2D eigenvalue weighted by Crippen LogP contribution is 2.44. The van der Waals surface area contributed by atoms with Gasteiger partial charge in [-0.05, 0) is 45.5 Å². The number of hydrogen-bond acceptors (Lipinski definition) is 6. The van der Waals surface area contributed by atoms with E-state index in [0.717, 1.165) is 38.8 Å². The number of fused-ring (bicyclic) bond motifs is 4. The van der Waals surface area contributed by atoms with Gasteiger partial charge in [0.15, 0.2) is 0 Å². The predicted octanol–water partition coefficient (Wildman–Crippen LogP) is 5.74. The molecule has 0 saturated carbocycles. The molecule has 4 aromatic carbocycles. The van der Waals surface area contributed by atoms with Crippen LogP contribution in [-0.4, -0.2) is 37.1 Å². The molecule has 2 N–H and O–H groups in total. The third-order valence-corrected chi connectivity index (χ3v) is 7.14. The number of benzene rings is 4. The molecule has 0 radical (unpaired) electrons. The average Bonchev–Trinajstić information content (AvgIpc) is 3.31. The number of alkyl carbamates (subject to hydrolysis) is 1. The van der Waals surface area contributed by atoms with Gasteiger partial charge in [0.25, 0.3) is 0 Å². The Labute approximate surface area is 230 Å². The van der Waals surface area contributed by atoms with E-state index in [0.29, 0.717) is 11.3 Å². The zero-order valence-electron chi connectivity index (χ0n) is 21.6. The van der Waals surface area contributed by atoms with E-state index in [1.54, 1.807) is 12.1 Å². The molecule has 40 heavy (non-hydrogen) atoms. The number of amides is 1. The number of hydrogen-bond donors (Lipinski definition) is 2. The van der Waals surface area contributed by atoms with Crippen molar-refractivity contribution < 1.29 is 23.8 Å². The van der Waals surface area contributed by atoms with Gasteiger partial charge in [-0.15, -0.1) is 0 Å². The first-order valence-corrected chi connectivity index (χ1v) is 13.1. The van der Waals surface area contributed by atoms with Crippen LogP contribution in [-0.2, 0) is 4.74 Å². The summed E-state index contributed by atoms with van der Waals surface area (Å²) in [4.78, 5) is 24.9. The number of rotatable bonds is 8. The normalized spacial score (nSPS) is 12.9. The fourth-order valence-corrected chi connectivity index (χ4v) is 5.23. The maximum atomic E-state index is 12.6. The van der Waals surface area contributed by atoms with Gasteiger partial charge < -0.3 is 24.3 Å². The molecule has 0 bridgehead atoms. The maximum Gasteiger partial charge on any atom is 0.407 e. The van der Waals surface area contributed by atoms with Crippen LogP contribution in [0.4, 0.5) is 4.79 Å². The van der Waals surface area contributed by atoms with Crippen molar-refractivity contribution in [2.24, 2.45) is 0 Å². The van der Waals surface area contributed by atoms with E-state index in [2.05, 4.69) is 29.6 Å². The third kappa shape index (κ3) is 5.07. The molecule has 0 spiro atoms. The molecule has 0 saturated heterocycles. The molecular formula is C33H27NO6. The fraction of sp³-hybridized carbons (Fsp3) is 0.152. The first-order chi connectivity index (χ1) is 19.6. The summed E-state index contributed by atoms with van der Waals surface area (Å²) >= 11 is 0. The molecule has 1 aliphatic rings. The van der Waals surface area contributed by atoms with Crippen LogP contribution in [0.5, 0.6) is 5.75 Å². The van der Waals surface area contributed by atoms with E-state index in [1.807, 2.05) is 60.7 Å². The standard InChI is InChI=1S/C33H27NO6/c35-18-22(34-33(37)39-20-30-26-12-6-4-10-24(26)25-11-5-7-13-27(25)30)19-38-23-14-15-28-29(21-8-2-1-3-9-21)17-32(36)40-31(28)16-23/h1-17,22,30,35H,18-20H2,(H,34,37)/t22-/m1/s1. The van der Waals surface area contributed by atoms with Gasteiger partial charge in [-0.2, -0.15) is 0 Å². The van der Waals surface area contributed by atoms with Crippen molar-refractivity contribution in [3.05, 3.63) is 125 Å². The SMILES string of the molecule is O=C(N[C@H](CO)COc1ccc2c(-c3ccccc3)cc(=O)oc2c1)OCC1c2ccccc2-c2ccccc21. The predicted molar refractivity (Wildman–Crippen MR) is 152 cm³/mol. The lowest BCUT2D eigenvalue weighted by molar-refractivity contribution is 0.122. The number of ether oxygens (including phenoxy) is 2. The van der Waals surface area contributed by atoms with Gasteiger partial charge in [0.2, 0.25) is 0 Å². The lowest BCUT2D eigenvalue weighted by atomic mass is 9.98. The lowest BCUT2D eigenvalue weighted by Crippen LogP contribution is -2.42. The summed E-state index contributed by atoms with van der Waals surface area (Å²) in [6.07, 6.45) is -0.637. The minimum Gasteiger partial charge on any atom is -0.491 e. The molecule has 1 aromatic heterocycles. The molecule has 200 valence electrons. The molecule has 6 rings (SSSR count). The van der Waals surface area contributed by atoms with Gasteiger partial charge in [-0.1, -0.05) is 78.9 Å². The quantitative estimate of drug-likeness (QED) is 0.247.